The maximum absolute atomic E-state index is 12.4. The third-order valence-electron chi connectivity index (χ3n) is 4.25. The largest absolute Gasteiger partial charge is 0.444 e. The average Bonchev–Trinajstić information content (AvgIpc) is 3.28. The molecule has 8 nitrogen and oxygen atoms in total. The predicted octanol–water partition coefficient (Wildman–Crippen LogP) is 2.91. The van der Waals surface area contributed by atoms with Gasteiger partial charge in [0, 0.05) is 24.7 Å². The zero-order valence-electron chi connectivity index (χ0n) is 16.2. The molecule has 0 unspecified atom stereocenters. The van der Waals surface area contributed by atoms with E-state index in [0.29, 0.717) is 30.3 Å². The molecular formula is C19H24ClN5O3. The van der Waals surface area contributed by atoms with Crippen molar-refractivity contribution < 1.29 is 14.3 Å². The van der Waals surface area contributed by atoms with Crippen molar-refractivity contribution in [3.8, 4) is 5.69 Å². The zero-order chi connectivity index (χ0) is 20.3. The van der Waals surface area contributed by atoms with Crippen LogP contribution in [0, 0.1) is 5.92 Å². The van der Waals surface area contributed by atoms with Gasteiger partial charge in [-0.05, 0) is 51.3 Å². The van der Waals surface area contributed by atoms with Gasteiger partial charge in [0.05, 0.1) is 11.9 Å². The summed E-state index contributed by atoms with van der Waals surface area (Å²) in [6, 6.07) is 7.06. The number of hydrogen-bond acceptors (Lipinski definition) is 5. The van der Waals surface area contributed by atoms with Gasteiger partial charge in [0.15, 0.2) is 5.69 Å². The smallest absolute Gasteiger partial charge is 0.410 e. The van der Waals surface area contributed by atoms with Crippen LogP contribution in [0.2, 0.25) is 5.02 Å². The Morgan fingerprint density at radius 3 is 2.86 bits per heavy atom. The minimum atomic E-state index is -0.516. The lowest BCUT2D eigenvalue weighted by Crippen LogP contribution is -2.36. The molecule has 1 aliphatic heterocycles. The monoisotopic (exact) mass is 405 g/mol. The second-order valence-corrected chi connectivity index (χ2v) is 8.23. The molecule has 2 heterocycles. The first-order chi connectivity index (χ1) is 13.2. The van der Waals surface area contributed by atoms with Crippen LogP contribution >= 0.6 is 11.6 Å². The van der Waals surface area contributed by atoms with Crippen LogP contribution in [0.4, 0.5) is 4.79 Å². The highest BCUT2D eigenvalue weighted by Gasteiger charge is 2.30. The Morgan fingerprint density at radius 1 is 1.36 bits per heavy atom. The number of benzene rings is 1. The van der Waals surface area contributed by atoms with Gasteiger partial charge >= 0.3 is 6.09 Å². The van der Waals surface area contributed by atoms with Crippen molar-refractivity contribution in [3.63, 3.8) is 0 Å². The second kappa shape index (κ2) is 8.18. The summed E-state index contributed by atoms with van der Waals surface area (Å²) in [6.45, 7) is 7.17. The summed E-state index contributed by atoms with van der Waals surface area (Å²) in [4.78, 5) is 27.5. The number of carbonyl (C=O) groups is 2. The van der Waals surface area contributed by atoms with Crippen LogP contribution in [0.5, 0.6) is 0 Å². The molecule has 9 heteroatoms. The molecule has 1 aliphatic rings. The minimum Gasteiger partial charge on any atom is -0.444 e. The molecule has 28 heavy (non-hydrogen) atoms. The minimum absolute atomic E-state index is 0.180. The Labute approximate surface area is 168 Å². The molecule has 0 radical (unpaired) electrons. The van der Waals surface area contributed by atoms with Crippen LogP contribution in [0.3, 0.4) is 0 Å². The van der Waals surface area contributed by atoms with Crippen molar-refractivity contribution in [1.29, 1.82) is 0 Å². The molecule has 0 aliphatic carbocycles. The number of ether oxygens (including phenoxy) is 1. The lowest BCUT2D eigenvalue weighted by molar-refractivity contribution is 0.0288. The molecule has 2 amide bonds. The molecule has 0 saturated carbocycles. The Bertz CT molecular complexity index is 861. The molecular weight excluding hydrogens is 382 g/mol. The second-order valence-electron chi connectivity index (χ2n) is 7.79. The highest BCUT2D eigenvalue weighted by atomic mass is 35.5. The van der Waals surface area contributed by atoms with Gasteiger partial charge in [-0.1, -0.05) is 17.7 Å². The molecule has 1 atom stereocenters. The topological polar surface area (TPSA) is 89.4 Å². The standard InChI is InChI=1S/C19H24ClN5O3/c1-19(2,3)28-18(27)24-8-7-13(12-24)10-21-17(26)16-11-22-25(23-16)15-6-4-5-14(20)9-15/h4-6,9,11,13H,7-8,10,12H2,1-3H3,(H,21,26)/t13-/m1/s1. The van der Waals surface area contributed by atoms with Crippen molar-refractivity contribution in [2.75, 3.05) is 19.6 Å². The maximum atomic E-state index is 12.4. The van der Waals surface area contributed by atoms with E-state index in [2.05, 4.69) is 15.5 Å². The van der Waals surface area contributed by atoms with E-state index in [4.69, 9.17) is 16.3 Å². The van der Waals surface area contributed by atoms with Gasteiger partial charge in [-0.15, -0.1) is 5.10 Å². The molecule has 0 spiro atoms. The number of likely N-dealkylation sites (tertiary alicyclic amines) is 1. The van der Waals surface area contributed by atoms with E-state index < -0.39 is 5.60 Å². The third kappa shape index (κ3) is 5.22. The summed E-state index contributed by atoms with van der Waals surface area (Å²) in [5, 5.41) is 11.7. The van der Waals surface area contributed by atoms with Crippen LogP contribution in [0.25, 0.3) is 5.69 Å². The first-order valence-corrected chi connectivity index (χ1v) is 9.53. The van der Waals surface area contributed by atoms with Gasteiger partial charge in [0.25, 0.3) is 5.91 Å². The highest BCUT2D eigenvalue weighted by molar-refractivity contribution is 6.30. The number of hydrogen-bond donors (Lipinski definition) is 1. The maximum Gasteiger partial charge on any atom is 0.410 e. The SMILES string of the molecule is CC(C)(C)OC(=O)N1CC[C@H](CNC(=O)c2cnn(-c3cccc(Cl)c3)n2)C1. The van der Waals surface area contributed by atoms with E-state index in [1.165, 1.54) is 11.0 Å². The zero-order valence-corrected chi connectivity index (χ0v) is 16.9. The van der Waals surface area contributed by atoms with Gasteiger partial charge in [-0.25, -0.2) is 4.79 Å². The highest BCUT2D eigenvalue weighted by Crippen LogP contribution is 2.19. The molecule has 1 aromatic heterocycles. The summed E-state index contributed by atoms with van der Waals surface area (Å²) < 4.78 is 5.39. The van der Waals surface area contributed by atoms with Gasteiger partial charge in [-0.3, -0.25) is 4.79 Å². The third-order valence-corrected chi connectivity index (χ3v) is 4.49. The quantitative estimate of drug-likeness (QED) is 0.844. The summed E-state index contributed by atoms with van der Waals surface area (Å²) >= 11 is 5.97. The number of aromatic nitrogens is 3. The summed E-state index contributed by atoms with van der Waals surface area (Å²) in [5.41, 5.74) is 0.385. The van der Waals surface area contributed by atoms with Crippen LogP contribution in [0.15, 0.2) is 30.5 Å². The van der Waals surface area contributed by atoms with E-state index in [9.17, 15) is 9.59 Å². The van der Waals surface area contributed by atoms with Crippen molar-refractivity contribution in [3.05, 3.63) is 41.2 Å². The number of amides is 2. The van der Waals surface area contributed by atoms with Crippen molar-refractivity contribution in [2.24, 2.45) is 5.92 Å². The summed E-state index contributed by atoms with van der Waals surface area (Å²) in [5.74, 6) is -0.122. The Kier molecular flexibility index (Phi) is 5.88. The molecule has 1 N–H and O–H groups in total. The molecule has 1 saturated heterocycles. The summed E-state index contributed by atoms with van der Waals surface area (Å²) in [7, 11) is 0. The van der Waals surface area contributed by atoms with Crippen LogP contribution in [0.1, 0.15) is 37.7 Å². The number of nitrogens with zero attached hydrogens (tertiary/aromatic N) is 4. The van der Waals surface area contributed by atoms with Crippen molar-refractivity contribution in [1.82, 2.24) is 25.2 Å². The molecule has 150 valence electrons. The van der Waals surface area contributed by atoms with E-state index >= 15 is 0 Å². The van der Waals surface area contributed by atoms with E-state index in [1.54, 1.807) is 29.2 Å². The van der Waals surface area contributed by atoms with Gasteiger partial charge in [-0.2, -0.15) is 9.90 Å². The molecule has 1 fully saturated rings. The lowest BCUT2D eigenvalue weighted by Gasteiger charge is -2.24. The van der Waals surface area contributed by atoms with Gasteiger partial charge < -0.3 is 15.0 Å². The van der Waals surface area contributed by atoms with Crippen LogP contribution in [-0.4, -0.2) is 57.1 Å². The van der Waals surface area contributed by atoms with Gasteiger partial charge in [0.1, 0.15) is 5.60 Å². The number of rotatable bonds is 4. The average molecular weight is 406 g/mol. The van der Waals surface area contributed by atoms with Crippen molar-refractivity contribution in [2.45, 2.75) is 32.8 Å². The Balaban J connectivity index is 1.51. The molecule has 0 bridgehead atoms. The lowest BCUT2D eigenvalue weighted by atomic mass is 10.1. The normalized spacial score (nSPS) is 16.9. The van der Waals surface area contributed by atoms with Crippen LogP contribution in [-0.2, 0) is 4.74 Å². The fraction of sp³-hybridized carbons (Fsp3) is 0.474. The van der Waals surface area contributed by atoms with E-state index in [1.807, 2.05) is 20.8 Å². The molecule has 3 rings (SSSR count). The van der Waals surface area contributed by atoms with Gasteiger partial charge in [0.2, 0.25) is 0 Å². The van der Waals surface area contributed by atoms with Crippen LogP contribution < -0.4 is 5.32 Å². The van der Waals surface area contributed by atoms with Crippen molar-refractivity contribution >= 4 is 23.6 Å². The first kappa shape index (κ1) is 20.1. The fourth-order valence-corrected chi connectivity index (χ4v) is 3.10. The fourth-order valence-electron chi connectivity index (χ4n) is 2.91. The Morgan fingerprint density at radius 2 is 2.14 bits per heavy atom. The first-order valence-electron chi connectivity index (χ1n) is 9.16. The number of halogens is 1. The van der Waals surface area contributed by atoms with E-state index in [-0.39, 0.29) is 23.6 Å². The summed E-state index contributed by atoms with van der Waals surface area (Å²) in [6.07, 6.45) is 1.91. The Hall–Kier alpha value is -2.61. The molecule has 1 aromatic carbocycles. The molecule has 2 aromatic rings. The predicted molar refractivity (Wildman–Crippen MR) is 105 cm³/mol. The number of nitrogens with one attached hydrogen (secondary N) is 1. The number of carbonyl (C=O) groups excluding carboxylic acids is 2. The van der Waals surface area contributed by atoms with E-state index in [0.717, 1.165) is 6.42 Å².